The summed E-state index contributed by atoms with van der Waals surface area (Å²) in [7, 11) is 0. The minimum atomic E-state index is 0.0202. The third-order valence-electron chi connectivity index (χ3n) is 3.87. The van der Waals surface area contributed by atoms with Gasteiger partial charge in [-0.25, -0.2) is 0 Å². The third kappa shape index (κ3) is 2.52. The highest BCUT2D eigenvalue weighted by atomic mass is 35.5. The highest BCUT2D eigenvalue weighted by molar-refractivity contribution is 7.14. The number of hydrogen-bond donors (Lipinski definition) is 2. The fourth-order valence-corrected chi connectivity index (χ4v) is 3.93. The minimum absolute atomic E-state index is 0.0202. The molecule has 4 aromatic rings. The minimum Gasteiger partial charge on any atom is -0.508 e. The Kier molecular flexibility index (Phi) is 3.65. The lowest BCUT2D eigenvalue weighted by Crippen LogP contribution is -1.81. The molecule has 0 saturated heterocycles. The lowest BCUT2D eigenvalue weighted by molar-refractivity contribution is 0.475. The quantitative estimate of drug-likeness (QED) is 0.471. The van der Waals surface area contributed by atoms with E-state index in [0.717, 1.165) is 10.4 Å². The van der Waals surface area contributed by atoms with Crippen LogP contribution in [0.25, 0.3) is 32.7 Å². The fourth-order valence-electron chi connectivity index (χ4n) is 2.78. The summed E-state index contributed by atoms with van der Waals surface area (Å²) < 4.78 is 6.01. The summed E-state index contributed by atoms with van der Waals surface area (Å²) in [5, 5.41) is 31.6. The number of hydrogen-bond acceptors (Lipinski definition) is 5. The van der Waals surface area contributed by atoms with Gasteiger partial charge in [-0.15, -0.1) is 11.3 Å². The Morgan fingerprint density at radius 1 is 1.04 bits per heavy atom. The zero-order valence-electron chi connectivity index (χ0n) is 12.7. The first kappa shape index (κ1) is 15.6. The number of benzene rings is 2. The van der Waals surface area contributed by atoms with E-state index in [2.05, 4.69) is 6.07 Å². The second-order valence-electron chi connectivity index (χ2n) is 5.43. The average Bonchev–Trinajstić information content (AvgIpc) is 3.19. The van der Waals surface area contributed by atoms with E-state index in [9.17, 15) is 15.5 Å². The average molecular weight is 368 g/mol. The molecular weight excluding hydrogens is 358 g/mol. The Hall–Kier alpha value is -2.94. The molecule has 0 unspecified atom stereocenters. The topological polar surface area (TPSA) is 77.4 Å². The normalized spacial score (nSPS) is 10.9. The number of nitrogens with zero attached hydrogens (tertiary/aromatic N) is 1. The largest absolute Gasteiger partial charge is 0.508 e. The molecule has 0 bridgehead atoms. The number of phenols is 2. The molecule has 0 spiro atoms. The van der Waals surface area contributed by atoms with Crippen LogP contribution in [-0.2, 0) is 0 Å². The van der Waals surface area contributed by atoms with E-state index in [1.165, 1.54) is 17.4 Å². The van der Waals surface area contributed by atoms with Crippen molar-refractivity contribution in [2.75, 3.05) is 0 Å². The Labute approximate surface area is 151 Å². The molecule has 0 aliphatic heterocycles. The Morgan fingerprint density at radius 3 is 2.52 bits per heavy atom. The monoisotopic (exact) mass is 367 g/mol. The maximum atomic E-state index is 9.95. The number of fused-ring (bicyclic) bond motifs is 1. The van der Waals surface area contributed by atoms with Crippen LogP contribution in [0, 0.1) is 11.3 Å². The molecule has 0 amide bonds. The highest BCUT2D eigenvalue weighted by Gasteiger charge is 2.23. The molecule has 122 valence electrons. The zero-order valence-corrected chi connectivity index (χ0v) is 14.2. The third-order valence-corrected chi connectivity index (χ3v) is 5.08. The molecule has 0 radical (unpaired) electrons. The molecule has 4 nitrogen and oxygen atoms in total. The van der Waals surface area contributed by atoms with Crippen LogP contribution < -0.4 is 0 Å². The Balaban J connectivity index is 2.12. The van der Waals surface area contributed by atoms with Gasteiger partial charge in [0, 0.05) is 22.6 Å². The van der Waals surface area contributed by atoms with Gasteiger partial charge >= 0.3 is 0 Å². The maximum Gasteiger partial charge on any atom is 0.154 e. The lowest BCUT2D eigenvalue weighted by atomic mass is 10.0. The molecule has 0 fully saturated rings. The smallest absolute Gasteiger partial charge is 0.154 e. The van der Waals surface area contributed by atoms with Crippen molar-refractivity contribution in [3.05, 3.63) is 58.4 Å². The number of phenolic OH excluding ortho intramolecular Hbond substituents is 2. The molecule has 2 N–H and O–H groups in total. The summed E-state index contributed by atoms with van der Waals surface area (Å²) in [5.74, 6) is 0.694. The van der Waals surface area contributed by atoms with Gasteiger partial charge in [-0.2, -0.15) is 5.26 Å². The molecule has 2 aromatic carbocycles. The highest BCUT2D eigenvalue weighted by Crippen LogP contribution is 2.47. The summed E-state index contributed by atoms with van der Waals surface area (Å²) in [6.45, 7) is 0. The van der Waals surface area contributed by atoms with Gasteiger partial charge in [0.15, 0.2) is 5.58 Å². The van der Waals surface area contributed by atoms with Crippen molar-refractivity contribution < 1.29 is 14.6 Å². The summed E-state index contributed by atoms with van der Waals surface area (Å²) in [4.78, 5) is 0.742. The van der Waals surface area contributed by atoms with Crippen LogP contribution in [0.5, 0.6) is 11.5 Å². The second-order valence-corrected chi connectivity index (χ2v) is 6.76. The van der Waals surface area contributed by atoms with Gasteiger partial charge in [0.25, 0.3) is 0 Å². The standard InChI is InChI=1S/C19H10ClNO3S/c20-15-8-13(23)7-14-16(19-11(9-21)5-6-25-19)17(24-18(14)15)10-1-3-12(22)4-2-10/h1-8,22-23H. The number of halogens is 1. The van der Waals surface area contributed by atoms with Gasteiger partial charge in [0.2, 0.25) is 0 Å². The van der Waals surface area contributed by atoms with Crippen LogP contribution in [-0.4, -0.2) is 10.2 Å². The second kappa shape index (κ2) is 5.85. The van der Waals surface area contributed by atoms with E-state index in [1.54, 1.807) is 36.4 Å². The van der Waals surface area contributed by atoms with E-state index >= 15 is 0 Å². The predicted octanol–water partition coefficient (Wildman–Crippen LogP) is 5.76. The van der Waals surface area contributed by atoms with Crippen molar-refractivity contribution in [2.24, 2.45) is 0 Å². The molecule has 4 rings (SSSR count). The van der Waals surface area contributed by atoms with Crippen LogP contribution in [0.1, 0.15) is 5.56 Å². The van der Waals surface area contributed by atoms with Crippen molar-refractivity contribution in [1.82, 2.24) is 0 Å². The molecule has 2 aromatic heterocycles. The first-order chi connectivity index (χ1) is 12.1. The molecule has 2 heterocycles. The molecule has 0 saturated carbocycles. The van der Waals surface area contributed by atoms with Crippen LogP contribution in [0.15, 0.2) is 52.3 Å². The first-order valence-electron chi connectivity index (χ1n) is 7.31. The number of furan rings is 1. The van der Waals surface area contributed by atoms with E-state index in [0.29, 0.717) is 27.9 Å². The molecule has 0 aliphatic rings. The number of rotatable bonds is 2. The van der Waals surface area contributed by atoms with Crippen LogP contribution in [0.2, 0.25) is 5.02 Å². The van der Waals surface area contributed by atoms with E-state index in [-0.39, 0.29) is 16.5 Å². The maximum absolute atomic E-state index is 9.95. The SMILES string of the molecule is N#Cc1ccsc1-c1c(-c2ccc(O)cc2)oc2c(Cl)cc(O)cc12. The Morgan fingerprint density at radius 2 is 1.80 bits per heavy atom. The summed E-state index contributed by atoms with van der Waals surface area (Å²) in [6.07, 6.45) is 0. The van der Waals surface area contributed by atoms with E-state index in [4.69, 9.17) is 16.0 Å². The summed E-state index contributed by atoms with van der Waals surface area (Å²) in [6, 6.07) is 13.5. The molecule has 6 heteroatoms. The zero-order chi connectivity index (χ0) is 17.6. The Bertz CT molecular complexity index is 1140. The van der Waals surface area contributed by atoms with Crippen LogP contribution >= 0.6 is 22.9 Å². The number of aromatic hydroxyl groups is 2. The van der Waals surface area contributed by atoms with Crippen molar-refractivity contribution in [1.29, 1.82) is 5.26 Å². The number of thiophene rings is 1. The molecule has 0 atom stereocenters. The molecule has 0 aliphatic carbocycles. The summed E-state index contributed by atoms with van der Waals surface area (Å²) in [5.41, 5.74) is 2.39. The van der Waals surface area contributed by atoms with Crippen molar-refractivity contribution >= 4 is 33.9 Å². The van der Waals surface area contributed by atoms with Gasteiger partial charge in [-0.05, 0) is 41.8 Å². The van der Waals surface area contributed by atoms with Gasteiger partial charge in [0.1, 0.15) is 23.3 Å². The first-order valence-corrected chi connectivity index (χ1v) is 8.56. The van der Waals surface area contributed by atoms with Crippen molar-refractivity contribution in [3.8, 4) is 39.3 Å². The van der Waals surface area contributed by atoms with Gasteiger partial charge in [-0.1, -0.05) is 11.6 Å². The molecule has 25 heavy (non-hydrogen) atoms. The predicted molar refractivity (Wildman–Crippen MR) is 98.0 cm³/mol. The van der Waals surface area contributed by atoms with E-state index in [1.807, 2.05) is 5.38 Å². The van der Waals surface area contributed by atoms with Crippen LogP contribution in [0.4, 0.5) is 0 Å². The van der Waals surface area contributed by atoms with Gasteiger partial charge in [-0.3, -0.25) is 0 Å². The number of nitriles is 1. The van der Waals surface area contributed by atoms with Gasteiger partial charge < -0.3 is 14.6 Å². The molecular formula is C19H10ClNO3S. The fraction of sp³-hybridized carbons (Fsp3) is 0. The summed E-state index contributed by atoms with van der Waals surface area (Å²) >= 11 is 7.65. The van der Waals surface area contributed by atoms with Gasteiger partial charge in [0.05, 0.1) is 15.5 Å². The lowest BCUT2D eigenvalue weighted by Gasteiger charge is -2.03. The van der Waals surface area contributed by atoms with Crippen LogP contribution in [0.3, 0.4) is 0 Å². The van der Waals surface area contributed by atoms with Crippen molar-refractivity contribution in [3.63, 3.8) is 0 Å². The van der Waals surface area contributed by atoms with E-state index < -0.39 is 0 Å². The van der Waals surface area contributed by atoms with Crippen molar-refractivity contribution in [2.45, 2.75) is 0 Å².